The zero-order chi connectivity index (χ0) is 11.4. The highest BCUT2D eigenvalue weighted by Gasteiger charge is 2.01. The fourth-order valence-electron chi connectivity index (χ4n) is 1.48. The number of nitrogens with zero attached hydrogens (tertiary/aromatic N) is 1. The summed E-state index contributed by atoms with van der Waals surface area (Å²) in [7, 11) is 0. The topological polar surface area (TPSA) is 37.0 Å². The molecule has 0 aliphatic carbocycles. The maximum atomic E-state index is 4.51. The van der Waals surface area contributed by atoms with Crippen molar-refractivity contribution in [2.75, 3.05) is 18.4 Å². The van der Waals surface area contributed by atoms with Crippen LogP contribution in [0.3, 0.4) is 0 Å². The molecule has 0 spiro atoms. The summed E-state index contributed by atoms with van der Waals surface area (Å²) in [6.45, 7) is 6.18. The molecule has 0 bridgehead atoms. The van der Waals surface area contributed by atoms with Crippen LogP contribution in [0, 0.1) is 0 Å². The Kier molecular flexibility index (Phi) is 3.74. The van der Waals surface area contributed by atoms with Gasteiger partial charge in [-0.05, 0) is 12.1 Å². The average molecular weight is 235 g/mol. The molecule has 86 valence electrons. The number of thiazole rings is 1. The van der Waals surface area contributed by atoms with E-state index in [-0.39, 0.29) is 0 Å². The van der Waals surface area contributed by atoms with Gasteiger partial charge in [0.1, 0.15) is 0 Å². The SMILES string of the molecule is CC(C)NCCNc1nc2ccccc2s1. The van der Waals surface area contributed by atoms with Crippen LogP contribution in [-0.2, 0) is 0 Å². The Labute approximate surface area is 99.9 Å². The number of nitrogens with one attached hydrogen (secondary N) is 2. The quantitative estimate of drug-likeness (QED) is 0.782. The van der Waals surface area contributed by atoms with Crippen molar-refractivity contribution in [3.63, 3.8) is 0 Å². The number of rotatable bonds is 5. The fourth-order valence-corrected chi connectivity index (χ4v) is 2.37. The Morgan fingerprint density at radius 2 is 2.06 bits per heavy atom. The first-order chi connectivity index (χ1) is 7.75. The van der Waals surface area contributed by atoms with E-state index in [1.807, 2.05) is 18.2 Å². The molecule has 1 heterocycles. The molecular formula is C12H17N3S. The van der Waals surface area contributed by atoms with Crippen LogP contribution < -0.4 is 10.6 Å². The molecule has 2 aromatic rings. The molecule has 2 rings (SSSR count). The van der Waals surface area contributed by atoms with Gasteiger partial charge in [0.2, 0.25) is 0 Å². The Morgan fingerprint density at radius 1 is 1.25 bits per heavy atom. The third-order valence-corrected chi connectivity index (χ3v) is 3.24. The second-order valence-electron chi connectivity index (χ2n) is 4.02. The first-order valence-electron chi connectivity index (χ1n) is 5.58. The van der Waals surface area contributed by atoms with Gasteiger partial charge in [-0.15, -0.1) is 0 Å². The minimum absolute atomic E-state index is 0.539. The molecule has 16 heavy (non-hydrogen) atoms. The number of fused-ring (bicyclic) bond motifs is 1. The largest absolute Gasteiger partial charge is 0.360 e. The smallest absolute Gasteiger partial charge is 0.183 e. The van der Waals surface area contributed by atoms with Crippen molar-refractivity contribution in [3.05, 3.63) is 24.3 Å². The third kappa shape index (κ3) is 2.93. The van der Waals surface area contributed by atoms with Crippen LogP contribution >= 0.6 is 11.3 Å². The van der Waals surface area contributed by atoms with Gasteiger partial charge in [-0.1, -0.05) is 37.3 Å². The lowest BCUT2D eigenvalue weighted by Crippen LogP contribution is -2.28. The molecule has 0 fully saturated rings. The van der Waals surface area contributed by atoms with E-state index in [2.05, 4.69) is 35.5 Å². The van der Waals surface area contributed by atoms with Gasteiger partial charge in [0.15, 0.2) is 5.13 Å². The number of hydrogen-bond acceptors (Lipinski definition) is 4. The van der Waals surface area contributed by atoms with Gasteiger partial charge in [-0.3, -0.25) is 0 Å². The highest BCUT2D eigenvalue weighted by atomic mass is 32.1. The molecule has 0 atom stereocenters. The number of para-hydroxylation sites is 1. The molecule has 4 heteroatoms. The normalized spacial score (nSPS) is 11.2. The molecule has 3 nitrogen and oxygen atoms in total. The van der Waals surface area contributed by atoms with E-state index in [1.54, 1.807) is 11.3 Å². The monoisotopic (exact) mass is 235 g/mol. The Bertz CT molecular complexity index is 417. The van der Waals surface area contributed by atoms with Crippen molar-refractivity contribution in [1.82, 2.24) is 10.3 Å². The van der Waals surface area contributed by atoms with Crippen LogP contribution in [0.2, 0.25) is 0 Å². The summed E-state index contributed by atoms with van der Waals surface area (Å²) in [4.78, 5) is 4.51. The predicted molar refractivity (Wildman–Crippen MR) is 71.2 cm³/mol. The molecule has 0 aliphatic heterocycles. The number of hydrogen-bond donors (Lipinski definition) is 2. The summed E-state index contributed by atoms with van der Waals surface area (Å²) >= 11 is 1.71. The number of benzene rings is 1. The summed E-state index contributed by atoms with van der Waals surface area (Å²) in [5, 5.41) is 7.70. The number of anilines is 1. The van der Waals surface area contributed by atoms with E-state index in [1.165, 1.54) is 4.70 Å². The van der Waals surface area contributed by atoms with Crippen molar-refractivity contribution in [2.45, 2.75) is 19.9 Å². The summed E-state index contributed by atoms with van der Waals surface area (Å²) in [5.41, 5.74) is 1.08. The van der Waals surface area contributed by atoms with E-state index in [0.717, 1.165) is 23.7 Å². The first kappa shape index (κ1) is 11.4. The number of aromatic nitrogens is 1. The molecule has 0 radical (unpaired) electrons. The van der Waals surface area contributed by atoms with Gasteiger partial charge >= 0.3 is 0 Å². The first-order valence-corrected chi connectivity index (χ1v) is 6.40. The molecule has 0 unspecified atom stereocenters. The van der Waals surface area contributed by atoms with Crippen LogP contribution in [0.5, 0.6) is 0 Å². The van der Waals surface area contributed by atoms with Crippen molar-refractivity contribution in [2.24, 2.45) is 0 Å². The summed E-state index contributed by atoms with van der Waals surface area (Å²) < 4.78 is 1.24. The summed E-state index contributed by atoms with van der Waals surface area (Å²) in [6.07, 6.45) is 0. The van der Waals surface area contributed by atoms with Gasteiger partial charge in [0.05, 0.1) is 10.2 Å². The van der Waals surface area contributed by atoms with Crippen molar-refractivity contribution in [1.29, 1.82) is 0 Å². The Balaban J connectivity index is 1.89. The molecular weight excluding hydrogens is 218 g/mol. The summed E-state index contributed by atoms with van der Waals surface area (Å²) in [6, 6.07) is 8.75. The van der Waals surface area contributed by atoms with Gasteiger partial charge in [-0.25, -0.2) is 4.98 Å². The van der Waals surface area contributed by atoms with Gasteiger partial charge in [0, 0.05) is 19.1 Å². The maximum Gasteiger partial charge on any atom is 0.183 e. The molecule has 0 saturated carbocycles. The second kappa shape index (κ2) is 5.27. The van der Waals surface area contributed by atoms with E-state index in [4.69, 9.17) is 0 Å². The molecule has 0 saturated heterocycles. The molecule has 0 aliphatic rings. The van der Waals surface area contributed by atoms with E-state index in [9.17, 15) is 0 Å². The zero-order valence-electron chi connectivity index (χ0n) is 9.66. The maximum absolute atomic E-state index is 4.51. The predicted octanol–water partition coefficient (Wildman–Crippen LogP) is 2.71. The van der Waals surface area contributed by atoms with Crippen molar-refractivity contribution < 1.29 is 0 Å². The molecule has 0 amide bonds. The molecule has 1 aromatic carbocycles. The van der Waals surface area contributed by atoms with Crippen LogP contribution in [0.4, 0.5) is 5.13 Å². The lowest BCUT2D eigenvalue weighted by Gasteiger charge is -2.07. The minimum atomic E-state index is 0.539. The minimum Gasteiger partial charge on any atom is -0.360 e. The molecule has 2 N–H and O–H groups in total. The Morgan fingerprint density at radius 3 is 2.81 bits per heavy atom. The van der Waals surface area contributed by atoms with Crippen LogP contribution in [-0.4, -0.2) is 24.1 Å². The van der Waals surface area contributed by atoms with E-state index in [0.29, 0.717) is 6.04 Å². The second-order valence-corrected chi connectivity index (χ2v) is 5.05. The van der Waals surface area contributed by atoms with Gasteiger partial charge < -0.3 is 10.6 Å². The molecule has 1 aromatic heterocycles. The van der Waals surface area contributed by atoms with E-state index < -0.39 is 0 Å². The average Bonchev–Trinajstić information content (AvgIpc) is 2.66. The van der Waals surface area contributed by atoms with Gasteiger partial charge in [0.25, 0.3) is 0 Å². The van der Waals surface area contributed by atoms with E-state index >= 15 is 0 Å². The van der Waals surface area contributed by atoms with Gasteiger partial charge in [-0.2, -0.15) is 0 Å². The van der Waals surface area contributed by atoms with Crippen LogP contribution in [0.1, 0.15) is 13.8 Å². The Hall–Kier alpha value is -1.13. The highest BCUT2D eigenvalue weighted by Crippen LogP contribution is 2.24. The summed E-state index contributed by atoms with van der Waals surface area (Å²) in [5.74, 6) is 0. The lowest BCUT2D eigenvalue weighted by molar-refractivity contribution is 0.602. The zero-order valence-corrected chi connectivity index (χ0v) is 10.5. The van der Waals surface area contributed by atoms with Crippen molar-refractivity contribution in [3.8, 4) is 0 Å². The third-order valence-electron chi connectivity index (χ3n) is 2.25. The lowest BCUT2D eigenvalue weighted by atomic mass is 10.3. The fraction of sp³-hybridized carbons (Fsp3) is 0.417. The highest BCUT2D eigenvalue weighted by molar-refractivity contribution is 7.22. The van der Waals surface area contributed by atoms with Crippen LogP contribution in [0.15, 0.2) is 24.3 Å². The van der Waals surface area contributed by atoms with Crippen LogP contribution in [0.25, 0.3) is 10.2 Å². The van der Waals surface area contributed by atoms with Crippen molar-refractivity contribution >= 4 is 26.7 Å². The standard InChI is InChI=1S/C12H17N3S/c1-9(2)13-7-8-14-12-15-10-5-3-4-6-11(10)16-12/h3-6,9,13H,7-8H2,1-2H3,(H,14,15).